The molecule has 0 atom stereocenters. The van der Waals surface area contributed by atoms with Gasteiger partial charge < -0.3 is 15.0 Å². The first-order valence-corrected chi connectivity index (χ1v) is 6.75. The maximum atomic E-state index is 10.9. The standard InChI is InChI=1S/C14H23N3O3/c1-16(11-12-20-2)10-9-15-8-7-13-5-3-4-6-14(13)17(18)19/h3-6,15H,7-12H2,1-2H3. The summed E-state index contributed by atoms with van der Waals surface area (Å²) in [5.41, 5.74) is 0.976. The minimum absolute atomic E-state index is 0.200. The summed E-state index contributed by atoms with van der Waals surface area (Å²) in [5, 5.41) is 14.2. The molecule has 1 aromatic rings. The van der Waals surface area contributed by atoms with E-state index in [0.29, 0.717) is 6.42 Å². The Hall–Kier alpha value is -1.50. The van der Waals surface area contributed by atoms with E-state index in [1.807, 2.05) is 19.2 Å². The Morgan fingerprint density at radius 1 is 1.30 bits per heavy atom. The summed E-state index contributed by atoms with van der Waals surface area (Å²) in [7, 11) is 3.74. The first-order valence-electron chi connectivity index (χ1n) is 6.75. The number of nitro benzene ring substituents is 1. The summed E-state index contributed by atoms with van der Waals surface area (Å²) in [4.78, 5) is 12.7. The van der Waals surface area contributed by atoms with Gasteiger partial charge in [-0.3, -0.25) is 10.1 Å². The molecule has 20 heavy (non-hydrogen) atoms. The van der Waals surface area contributed by atoms with E-state index >= 15 is 0 Å². The quantitative estimate of drug-likeness (QED) is 0.398. The van der Waals surface area contributed by atoms with Crippen molar-refractivity contribution in [1.29, 1.82) is 0 Å². The lowest BCUT2D eigenvalue weighted by molar-refractivity contribution is -0.385. The van der Waals surface area contributed by atoms with Gasteiger partial charge in [-0.05, 0) is 20.0 Å². The highest BCUT2D eigenvalue weighted by Crippen LogP contribution is 2.17. The van der Waals surface area contributed by atoms with Gasteiger partial charge in [-0.25, -0.2) is 0 Å². The molecule has 0 aliphatic heterocycles. The minimum Gasteiger partial charge on any atom is -0.383 e. The molecule has 1 aromatic carbocycles. The summed E-state index contributed by atoms with van der Waals surface area (Å²) in [5.74, 6) is 0. The van der Waals surface area contributed by atoms with Gasteiger partial charge in [0.2, 0.25) is 0 Å². The highest BCUT2D eigenvalue weighted by Gasteiger charge is 2.11. The van der Waals surface area contributed by atoms with Crippen LogP contribution in [-0.4, -0.2) is 56.8 Å². The molecule has 0 aliphatic carbocycles. The van der Waals surface area contributed by atoms with E-state index in [1.165, 1.54) is 0 Å². The zero-order valence-corrected chi connectivity index (χ0v) is 12.2. The third kappa shape index (κ3) is 6.10. The van der Waals surface area contributed by atoms with E-state index in [4.69, 9.17) is 4.74 Å². The predicted molar refractivity (Wildman–Crippen MR) is 79.0 cm³/mol. The van der Waals surface area contributed by atoms with E-state index in [9.17, 15) is 10.1 Å². The van der Waals surface area contributed by atoms with Crippen LogP contribution in [0, 0.1) is 10.1 Å². The Bertz CT molecular complexity index is 412. The molecule has 6 heteroatoms. The normalized spacial score (nSPS) is 10.9. The van der Waals surface area contributed by atoms with Crippen LogP contribution in [-0.2, 0) is 11.2 Å². The molecule has 0 aromatic heterocycles. The summed E-state index contributed by atoms with van der Waals surface area (Å²) in [6.07, 6.45) is 0.666. The van der Waals surface area contributed by atoms with Crippen LogP contribution in [0.1, 0.15) is 5.56 Å². The highest BCUT2D eigenvalue weighted by molar-refractivity contribution is 5.39. The second-order valence-corrected chi connectivity index (χ2v) is 4.68. The number of rotatable bonds is 10. The van der Waals surface area contributed by atoms with Crippen molar-refractivity contribution in [2.45, 2.75) is 6.42 Å². The maximum absolute atomic E-state index is 10.9. The maximum Gasteiger partial charge on any atom is 0.272 e. The number of likely N-dealkylation sites (N-methyl/N-ethyl adjacent to an activating group) is 1. The van der Waals surface area contributed by atoms with Crippen molar-refractivity contribution in [3.63, 3.8) is 0 Å². The molecule has 112 valence electrons. The Morgan fingerprint density at radius 3 is 2.75 bits per heavy atom. The van der Waals surface area contributed by atoms with Gasteiger partial charge in [0.25, 0.3) is 5.69 Å². The molecule has 6 nitrogen and oxygen atoms in total. The molecular weight excluding hydrogens is 258 g/mol. The van der Waals surface area contributed by atoms with Crippen LogP contribution in [0.5, 0.6) is 0 Å². The highest BCUT2D eigenvalue weighted by atomic mass is 16.6. The van der Waals surface area contributed by atoms with Crippen LogP contribution in [0.3, 0.4) is 0 Å². The average Bonchev–Trinajstić information content (AvgIpc) is 2.45. The third-order valence-electron chi connectivity index (χ3n) is 3.11. The Labute approximate surface area is 119 Å². The van der Waals surface area contributed by atoms with Crippen molar-refractivity contribution < 1.29 is 9.66 Å². The first-order chi connectivity index (χ1) is 9.65. The van der Waals surface area contributed by atoms with Crippen LogP contribution >= 0.6 is 0 Å². The lowest BCUT2D eigenvalue weighted by Gasteiger charge is -2.16. The fourth-order valence-electron chi connectivity index (χ4n) is 1.88. The second-order valence-electron chi connectivity index (χ2n) is 4.68. The monoisotopic (exact) mass is 281 g/mol. The van der Waals surface area contributed by atoms with Gasteiger partial charge in [0, 0.05) is 38.4 Å². The van der Waals surface area contributed by atoms with Gasteiger partial charge in [0.05, 0.1) is 11.5 Å². The summed E-state index contributed by atoms with van der Waals surface area (Å²) < 4.78 is 5.01. The lowest BCUT2D eigenvalue weighted by atomic mass is 10.1. The molecule has 0 unspecified atom stereocenters. The number of para-hydroxylation sites is 1. The molecule has 0 saturated carbocycles. The predicted octanol–water partition coefficient (Wildman–Crippen LogP) is 1.31. The van der Waals surface area contributed by atoms with Gasteiger partial charge in [0.1, 0.15) is 0 Å². The molecule has 0 amide bonds. The van der Waals surface area contributed by atoms with Crippen molar-refractivity contribution >= 4 is 5.69 Å². The molecular formula is C14H23N3O3. The van der Waals surface area contributed by atoms with Crippen LogP contribution < -0.4 is 5.32 Å². The SMILES string of the molecule is COCCN(C)CCNCCc1ccccc1[N+](=O)[O-]. The Balaban J connectivity index is 2.23. The van der Waals surface area contributed by atoms with Crippen LogP contribution in [0.15, 0.2) is 24.3 Å². The van der Waals surface area contributed by atoms with Crippen molar-refractivity contribution in [1.82, 2.24) is 10.2 Å². The molecule has 0 spiro atoms. The summed E-state index contributed by atoms with van der Waals surface area (Å²) >= 11 is 0. The van der Waals surface area contributed by atoms with Crippen molar-refractivity contribution in [3.8, 4) is 0 Å². The molecule has 0 bridgehead atoms. The fraction of sp³-hybridized carbons (Fsp3) is 0.571. The first kappa shape index (κ1) is 16.6. The molecule has 1 N–H and O–H groups in total. The van der Waals surface area contributed by atoms with Crippen molar-refractivity contribution in [2.24, 2.45) is 0 Å². The van der Waals surface area contributed by atoms with E-state index in [-0.39, 0.29) is 10.6 Å². The number of benzene rings is 1. The van der Waals surface area contributed by atoms with Crippen LogP contribution in [0.2, 0.25) is 0 Å². The van der Waals surface area contributed by atoms with Gasteiger partial charge in [-0.2, -0.15) is 0 Å². The summed E-state index contributed by atoms with van der Waals surface area (Å²) in [6.45, 7) is 4.17. The summed E-state index contributed by atoms with van der Waals surface area (Å²) in [6, 6.07) is 6.89. The number of nitro groups is 1. The number of ether oxygens (including phenoxy) is 1. The number of methoxy groups -OCH3 is 1. The molecule has 0 saturated heterocycles. The van der Waals surface area contributed by atoms with Gasteiger partial charge in [0.15, 0.2) is 0 Å². The number of hydrogen-bond acceptors (Lipinski definition) is 5. The van der Waals surface area contributed by atoms with Crippen molar-refractivity contribution in [2.75, 3.05) is 46.9 Å². The second kappa shape index (κ2) is 9.41. The van der Waals surface area contributed by atoms with E-state index < -0.39 is 0 Å². The Morgan fingerprint density at radius 2 is 2.05 bits per heavy atom. The van der Waals surface area contributed by atoms with Gasteiger partial charge in [-0.15, -0.1) is 0 Å². The minimum atomic E-state index is -0.326. The molecule has 0 aliphatic rings. The third-order valence-corrected chi connectivity index (χ3v) is 3.11. The number of nitrogens with one attached hydrogen (secondary N) is 1. The molecule has 1 rings (SSSR count). The van der Waals surface area contributed by atoms with E-state index in [1.54, 1.807) is 19.2 Å². The lowest BCUT2D eigenvalue weighted by Crippen LogP contribution is -2.32. The zero-order valence-electron chi connectivity index (χ0n) is 12.2. The molecule has 0 heterocycles. The van der Waals surface area contributed by atoms with Gasteiger partial charge in [-0.1, -0.05) is 18.2 Å². The fourth-order valence-corrected chi connectivity index (χ4v) is 1.88. The van der Waals surface area contributed by atoms with Crippen LogP contribution in [0.25, 0.3) is 0 Å². The molecule has 0 radical (unpaired) electrons. The smallest absolute Gasteiger partial charge is 0.272 e. The van der Waals surface area contributed by atoms with Crippen LogP contribution in [0.4, 0.5) is 5.69 Å². The van der Waals surface area contributed by atoms with Crippen molar-refractivity contribution in [3.05, 3.63) is 39.9 Å². The zero-order chi connectivity index (χ0) is 14.8. The topological polar surface area (TPSA) is 67.6 Å². The number of nitrogens with zero attached hydrogens (tertiary/aromatic N) is 2. The van der Waals surface area contributed by atoms with E-state index in [2.05, 4.69) is 10.2 Å². The number of hydrogen-bond donors (Lipinski definition) is 1. The van der Waals surface area contributed by atoms with Gasteiger partial charge >= 0.3 is 0 Å². The largest absolute Gasteiger partial charge is 0.383 e. The Kier molecular flexibility index (Phi) is 7.79. The van der Waals surface area contributed by atoms with E-state index in [0.717, 1.165) is 38.3 Å². The average molecular weight is 281 g/mol. The molecule has 0 fully saturated rings.